The molecule has 0 spiro atoms. The topological polar surface area (TPSA) is 117 Å². The van der Waals surface area contributed by atoms with Gasteiger partial charge in [0.15, 0.2) is 17.2 Å². The Labute approximate surface area is 167 Å². The van der Waals surface area contributed by atoms with Crippen molar-refractivity contribution < 1.29 is 19.8 Å². The number of anilines is 1. The first kappa shape index (κ1) is 20.7. The number of fused-ring (bicyclic) bond motifs is 3. The fraction of sp³-hybridized carbons (Fsp3) is 0.579. The van der Waals surface area contributed by atoms with Crippen LogP contribution in [0.25, 0.3) is 11.2 Å². The van der Waals surface area contributed by atoms with Gasteiger partial charge < -0.3 is 24.9 Å². The molecule has 1 aliphatic heterocycles. The monoisotopic (exact) mass is 408 g/mol. The van der Waals surface area contributed by atoms with Gasteiger partial charge in [0.1, 0.15) is 17.0 Å². The molecule has 0 amide bonds. The van der Waals surface area contributed by atoms with Crippen LogP contribution in [0.15, 0.2) is 6.33 Å². The number of carbonyl (C=O) groups excluding carboxylic acids is 2. The largest absolute Gasteiger partial charge is 0.380 e. The summed E-state index contributed by atoms with van der Waals surface area (Å²) in [5, 5.41) is 19.7. The minimum Gasteiger partial charge on any atom is -0.380 e. The van der Waals surface area contributed by atoms with Crippen LogP contribution in [0, 0.1) is 5.92 Å². The van der Waals surface area contributed by atoms with Crippen molar-refractivity contribution in [1.82, 2.24) is 14.5 Å². The Morgan fingerprint density at radius 3 is 2.64 bits per heavy atom. The average molecular weight is 409 g/mol. The lowest BCUT2D eigenvalue weighted by Gasteiger charge is -2.24. The maximum atomic E-state index is 12.3. The Bertz CT molecular complexity index is 899. The third-order valence-electron chi connectivity index (χ3n) is 4.86. The van der Waals surface area contributed by atoms with Gasteiger partial charge >= 0.3 is 0 Å². The number of Topliss-reactive ketones (excluding diaryl/α,β-unsaturated/α-hetero) is 1. The Morgan fingerprint density at radius 1 is 1.36 bits per heavy atom. The molecule has 3 N–H and O–H groups in total. The molecule has 3 atom stereocenters. The van der Waals surface area contributed by atoms with Crippen LogP contribution in [0.2, 0.25) is 5.15 Å². The van der Waals surface area contributed by atoms with Gasteiger partial charge in [-0.3, -0.25) is 4.79 Å². The maximum Gasteiger partial charge on any atom is 0.170 e. The van der Waals surface area contributed by atoms with Gasteiger partial charge in [0, 0.05) is 24.4 Å². The lowest BCUT2D eigenvalue weighted by Crippen LogP contribution is -2.27. The van der Waals surface area contributed by atoms with Crippen LogP contribution < -0.4 is 5.32 Å². The molecule has 0 saturated heterocycles. The third kappa shape index (κ3) is 4.34. The van der Waals surface area contributed by atoms with Gasteiger partial charge in [-0.15, -0.1) is 0 Å². The summed E-state index contributed by atoms with van der Waals surface area (Å²) in [5.41, 5.74) is 2.49. The predicted octanol–water partition coefficient (Wildman–Crippen LogP) is 2.72. The minimum atomic E-state index is -1.50. The van der Waals surface area contributed by atoms with Gasteiger partial charge in [0.25, 0.3) is 0 Å². The van der Waals surface area contributed by atoms with Crippen molar-refractivity contribution >= 4 is 40.5 Å². The minimum absolute atomic E-state index is 0.00193. The fourth-order valence-electron chi connectivity index (χ4n) is 3.72. The van der Waals surface area contributed by atoms with Crippen LogP contribution in [0.4, 0.5) is 5.69 Å². The molecule has 2 aromatic heterocycles. The lowest BCUT2D eigenvalue weighted by atomic mass is 9.99. The number of aldehydes is 1. The van der Waals surface area contributed by atoms with Crippen LogP contribution in [-0.4, -0.2) is 48.6 Å². The second-order valence-corrected chi connectivity index (χ2v) is 8.36. The standard InChI is InChI=1S/C16H17ClN4O2.C3H8O2/c1-8-4-11(23)12-13(19-8)14-16(20-15(12)17)21(7-18-14)10-3-2-9(5-10)6-22;1-3(2,4)5/h6-10,19H,2-5H2,1H3;4-5H,1-2H3. The van der Waals surface area contributed by atoms with Crippen molar-refractivity contribution in [2.24, 2.45) is 5.92 Å². The number of hydrogen-bond acceptors (Lipinski definition) is 7. The molecule has 0 aromatic carbocycles. The Morgan fingerprint density at radius 2 is 2.04 bits per heavy atom. The Hall–Kier alpha value is -2.03. The molecule has 8 nitrogen and oxygen atoms in total. The van der Waals surface area contributed by atoms with E-state index in [0.29, 0.717) is 28.8 Å². The number of pyridine rings is 1. The number of aromatic nitrogens is 3. The van der Waals surface area contributed by atoms with Crippen LogP contribution in [0.5, 0.6) is 0 Å². The average Bonchev–Trinajstić information content (AvgIpc) is 3.18. The Balaban J connectivity index is 0.000000403. The SMILES string of the molecule is CC(C)(O)O.CC1CC(=O)c2c(Cl)nc3c(ncn3C3CCC(C=O)C3)c2N1. The summed E-state index contributed by atoms with van der Waals surface area (Å²) in [5.74, 6) is -1.40. The molecule has 2 aliphatic rings. The van der Waals surface area contributed by atoms with Gasteiger partial charge in [-0.05, 0) is 40.0 Å². The number of halogens is 1. The van der Waals surface area contributed by atoms with Crippen molar-refractivity contribution in [1.29, 1.82) is 0 Å². The first-order valence-electron chi connectivity index (χ1n) is 9.34. The number of aliphatic hydroxyl groups is 2. The molecule has 3 heterocycles. The fourth-order valence-corrected chi connectivity index (χ4v) is 4.00. The van der Waals surface area contributed by atoms with Crippen molar-refractivity contribution in [3.8, 4) is 0 Å². The van der Waals surface area contributed by atoms with E-state index in [1.165, 1.54) is 13.8 Å². The molecule has 0 radical (unpaired) electrons. The molecule has 0 bridgehead atoms. The van der Waals surface area contributed by atoms with Crippen LogP contribution >= 0.6 is 11.6 Å². The highest BCUT2D eigenvalue weighted by atomic mass is 35.5. The van der Waals surface area contributed by atoms with E-state index in [-0.39, 0.29) is 28.9 Å². The highest BCUT2D eigenvalue weighted by molar-refractivity contribution is 6.34. The lowest BCUT2D eigenvalue weighted by molar-refractivity contribution is -0.127. The summed E-state index contributed by atoms with van der Waals surface area (Å²) < 4.78 is 2.00. The normalized spacial score (nSPS) is 24.4. The van der Waals surface area contributed by atoms with E-state index >= 15 is 0 Å². The smallest absolute Gasteiger partial charge is 0.170 e. The predicted molar refractivity (Wildman–Crippen MR) is 106 cm³/mol. The zero-order valence-corrected chi connectivity index (χ0v) is 16.9. The Kier molecular flexibility index (Phi) is 5.74. The highest BCUT2D eigenvalue weighted by Gasteiger charge is 2.31. The molecule has 9 heteroatoms. The van der Waals surface area contributed by atoms with Gasteiger partial charge in [-0.1, -0.05) is 11.6 Å². The molecular formula is C19H25ClN4O4. The number of ketones is 1. The molecule has 1 aliphatic carbocycles. The number of carbonyl (C=O) groups is 2. The quantitative estimate of drug-likeness (QED) is 0.397. The molecule has 152 valence electrons. The van der Waals surface area contributed by atoms with Gasteiger partial charge in [-0.25, -0.2) is 9.97 Å². The van der Waals surface area contributed by atoms with Crippen LogP contribution in [0.3, 0.4) is 0 Å². The van der Waals surface area contributed by atoms with E-state index < -0.39 is 5.79 Å². The molecule has 1 fully saturated rings. The van der Waals surface area contributed by atoms with Gasteiger partial charge in [-0.2, -0.15) is 0 Å². The second-order valence-electron chi connectivity index (χ2n) is 8.01. The molecule has 4 rings (SSSR count). The summed E-state index contributed by atoms with van der Waals surface area (Å²) in [6.45, 7) is 4.56. The molecule has 28 heavy (non-hydrogen) atoms. The van der Waals surface area contributed by atoms with Crippen molar-refractivity contribution in [3.63, 3.8) is 0 Å². The highest BCUT2D eigenvalue weighted by Crippen LogP contribution is 2.39. The first-order chi connectivity index (χ1) is 13.1. The van der Waals surface area contributed by atoms with Crippen molar-refractivity contribution in [3.05, 3.63) is 17.0 Å². The molecule has 2 aromatic rings. The van der Waals surface area contributed by atoms with E-state index in [4.69, 9.17) is 21.8 Å². The maximum absolute atomic E-state index is 12.3. The third-order valence-corrected chi connectivity index (χ3v) is 5.13. The zero-order valence-electron chi connectivity index (χ0n) is 16.1. The van der Waals surface area contributed by atoms with E-state index in [0.717, 1.165) is 25.5 Å². The van der Waals surface area contributed by atoms with Crippen molar-refractivity contribution in [2.45, 2.75) is 64.3 Å². The molecule has 3 unspecified atom stereocenters. The number of rotatable bonds is 2. The zero-order chi connectivity index (χ0) is 20.6. The van der Waals surface area contributed by atoms with Crippen LogP contribution in [-0.2, 0) is 4.79 Å². The summed E-state index contributed by atoms with van der Waals surface area (Å²) in [4.78, 5) is 32.2. The summed E-state index contributed by atoms with van der Waals surface area (Å²) in [7, 11) is 0. The van der Waals surface area contributed by atoms with E-state index in [1.807, 2.05) is 11.5 Å². The van der Waals surface area contributed by atoms with Gasteiger partial charge in [0.05, 0.1) is 17.6 Å². The van der Waals surface area contributed by atoms with E-state index in [9.17, 15) is 9.59 Å². The number of nitrogens with zero attached hydrogens (tertiary/aromatic N) is 3. The van der Waals surface area contributed by atoms with E-state index in [2.05, 4.69) is 15.3 Å². The summed E-state index contributed by atoms with van der Waals surface area (Å²) in [6, 6.07) is 0.251. The van der Waals surface area contributed by atoms with Crippen LogP contribution in [0.1, 0.15) is 62.9 Å². The number of hydrogen-bond donors (Lipinski definition) is 3. The number of imidazole rings is 1. The van der Waals surface area contributed by atoms with E-state index in [1.54, 1.807) is 6.33 Å². The summed E-state index contributed by atoms with van der Waals surface area (Å²) in [6.07, 6.45) is 5.80. The molecule has 1 saturated carbocycles. The first-order valence-corrected chi connectivity index (χ1v) is 9.72. The summed E-state index contributed by atoms with van der Waals surface area (Å²) >= 11 is 6.29. The molecular weight excluding hydrogens is 384 g/mol. The second kappa shape index (κ2) is 7.77. The van der Waals surface area contributed by atoms with Gasteiger partial charge in [0.2, 0.25) is 0 Å². The van der Waals surface area contributed by atoms with Crippen molar-refractivity contribution in [2.75, 3.05) is 5.32 Å². The number of nitrogens with one attached hydrogen (secondary N) is 1.